The summed E-state index contributed by atoms with van der Waals surface area (Å²) in [6.45, 7) is 4.25. The van der Waals surface area contributed by atoms with E-state index >= 15 is 0 Å². The normalized spacial score (nSPS) is 14.9. The summed E-state index contributed by atoms with van der Waals surface area (Å²) in [7, 11) is 0. The molecule has 0 aliphatic carbocycles. The van der Waals surface area contributed by atoms with E-state index in [1.165, 1.54) is 42.4 Å². The van der Waals surface area contributed by atoms with Crippen LogP contribution in [0.25, 0.3) is 10.9 Å². The van der Waals surface area contributed by atoms with E-state index in [-0.39, 0.29) is 0 Å². The minimum atomic E-state index is 0.772. The minimum absolute atomic E-state index is 0.772. The minimum Gasteiger partial charge on any atom is -0.492 e. The van der Waals surface area contributed by atoms with Gasteiger partial charge in [-0.2, -0.15) is 0 Å². The van der Waals surface area contributed by atoms with Gasteiger partial charge in [-0.25, -0.2) is 0 Å². The summed E-state index contributed by atoms with van der Waals surface area (Å²) >= 11 is 0. The van der Waals surface area contributed by atoms with Crippen molar-refractivity contribution in [1.82, 2.24) is 9.88 Å². The highest BCUT2D eigenvalue weighted by atomic mass is 16.5. The Kier molecular flexibility index (Phi) is 4.93. The lowest BCUT2D eigenvalue weighted by molar-refractivity contribution is 0.238. The summed E-state index contributed by atoms with van der Waals surface area (Å²) in [5, 5.41) is 1.20. The smallest absolute Gasteiger partial charge is 0.119 e. The molecule has 4 rings (SSSR count). The third-order valence-corrected chi connectivity index (χ3v) is 4.85. The lowest BCUT2D eigenvalue weighted by Gasteiger charge is -2.15. The van der Waals surface area contributed by atoms with Crippen molar-refractivity contribution in [2.24, 2.45) is 0 Å². The van der Waals surface area contributed by atoms with E-state index in [4.69, 9.17) is 4.74 Å². The topological polar surface area (TPSA) is 25.4 Å². The quantitative estimate of drug-likeness (QED) is 0.673. The predicted molar refractivity (Wildman–Crippen MR) is 102 cm³/mol. The van der Waals surface area contributed by atoms with Gasteiger partial charge in [0.1, 0.15) is 12.4 Å². The fourth-order valence-electron chi connectivity index (χ4n) is 3.45. The third-order valence-electron chi connectivity index (χ3n) is 4.85. The molecular weight excluding hydrogens is 308 g/mol. The second-order valence-corrected chi connectivity index (χ2v) is 6.75. The summed E-state index contributed by atoms with van der Waals surface area (Å²) in [6.07, 6.45) is 5.53. The molecule has 0 saturated carbocycles. The summed E-state index contributed by atoms with van der Waals surface area (Å²) in [6, 6.07) is 18.9. The van der Waals surface area contributed by atoms with Gasteiger partial charge in [0.15, 0.2) is 0 Å². The molecule has 0 unspecified atom stereocenters. The van der Waals surface area contributed by atoms with Crippen molar-refractivity contribution in [3.63, 3.8) is 0 Å². The predicted octanol–water partition coefficient (Wildman–Crippen LogP) is 4.30. The van der Waals surface area contributed by atoms with Crippen LogP contribution < -0.4 is 4.74 Å². The van der Waals surface area contributed by atoms with Crippen LogP contribution in [0.1, 0.15) is 24.0 Å². The average Bonchev–Trinajstić information content (AvgIpc) is 3.17. The molecule has 0 bridgehead atoms. The first-order chi connectivity index (χ1) is 12.4. The van der Waals surface area contributed by atoms with Crippen LogP contribution in [0.2, 0.25) is 0 Å². The SMILES string of the molecule is c1ccc2ncc(Cc3ccc(OCCN4CCCC4)cc3)cc2c1. The van der Waals surface area contributed by atoms with Crippen LogP contribution >= 0.6 is 0 Å². The molecule has 128 valence electrons. The summed E-state index contributed by atoms with van der Waals surface area (Å²) < 4.78 is 5.88. The molecule has 1 aliphatic rings. The van der Waals surface area contributed by atoms with Crippen LogP contribution in [0, 0.1) is 0 Å². The number of aromatic nitrogens is 1. The first-order valence-electron chi connectivity index (χ1n) is 9.15. The Bertz CT molecular complexity index is 823. The van der Waals surface area contributed by atoms with Gasteiger partial charge in [0, 0.05) is 18.1 Å². The van der Waals surface area contributed by atoms with Crippen molar-refractivity contribution in [3.8, 4) is 5.75 Å². The standard InChI is InChI=1S/C22H24N2O/c1-2-6-22-20(5-1)16-19(17-23-22)15-18-7-9-21(10-8-18)25-14-13-24-11-3-4-12-24/h1-2,5-10,16-17H,3-4,11-15H2. The summed E-state index contributed by atoms with van der Waals surface area (Å²) in [5.74, 6) is 0.958. The highest BCUT2D eigenvalue weighted by Crippen LogP contribution is 2.18. The number of pyridine rings is 1. The first-order valence-corrected chi connectivity index (χ1v) is 9.15. The van der Waals surface area contributed by atoms with Crippen molar-refractivity contribution in [3.05, 3.63) is 71.9 Å². The molecule has 0 atom stereocenters. The zero-order valence-electron chi connectivity index (χ0n) is 14.5. The van der Waals surface area contributed by atoms with Gasteiger partial charge < -0.3 is 4.74 Å². The van der Waals surface area contributed by atoms with Crippen molar-refractivity contribution in [1.29, 1.82) is 0 Å². The number of fused-ring (bicyclic) bond motifs is 1. The molecule has 1 saturated heterocycles. The van der Waals surface area contributed by atoms with Gasteiger partial charge in [-0.15, -0.1) is 0 Å². The highest BCUT2D eigenvalue weighted by molar-refractivity contribution is 5.78. The van der Waals surface area contributed by atoms with Crippen LogP contribution in [0.4, 0.5) is 0 Å². The zero-order valence-corrected chi connectivity index (χ0v) is 14.5. The van der Waals surface area contributed by atoms with E-state index in [1.807, 2.05) is 18.3 Å². The second-order valence-electron chi connectivity index (χ2n) is 6.75. The molecule has 1 fully saturated rings. The van der Waals surface area contributed by atoms with Gasteiger partial charge in [0.25, 0.3) is 0 Å². The summed E-state index contributed by atoms with van der Waals surface area (Å²) in [4.78, 5) is 7.02. The number of likely N-dealkylation sites (tertiary alicyclic amines) is 1. The maximum Gasteiger partial charge on any atom is 0.119 e. The van der Waals surface area contributed by atoms with Gasteiger partial charge in [-0.05, 0) is 67.7 Å². The Labute approximate surface area is 149 Å². The van der Waals surface area contributed by atoms with Gasteiger partial charge in [0.05, 0.1) is 5.52 Å². The zero-order chi connectivity index (χ0) is 16.9. The molecule has 0 radical (unpaired) electrons. The van der Waals surface area contributed by atoms with Gasteiger partial charge in [0.2, 0.25) is 0 Å². The van der Waals surface area contributed by atoms with Gasteiger partial charge >= 0.3 is 0 Å². The molecule has 3 aromatic rings. The van der Waals surface area contributed by atoms with Crippen LogP contribution in [-0.4, -0.2) is 36.1 Å². The fraction of sp³-hybridized carbons (Fsp3) is 0.318. The maximum absolute atomic E-state index is 5.88. The molecule has 2 aromatic carbocycles. The molecule has 2 heterocycles. The Morgan fingerprint density at radius 3 is 2.56 bits per heavy atom. The van der Waals surface area contributed by atoms with E-state index in [2.05, 4.69) is 52.3 Å². The second kappa shape index (κ2) is 7.66. The van der Waals surface area contributed by atoms with Crippen molar-refractivity contribution in [2.75, 3.05) is 26.2 Å². The van der Waals surface area contributed by atoms with E-state index in [0.717, 1.165) is 30.8 Å². The van der Waals surface area contributed by atoms with Crippen molar-refractivity contribution in [2.45, 2.75) is 19.3 Å². The number of para-hydroxylation sites is 1. The van der Waals surface area contributed by atoms with Gasteiger partial charge in [-0.1, -0.05) is 30.3 Å². The highest BCUT2D eigenvalue weighted by Gasteiger charge is 2.10. The molecule has 25 heavy (non-hydrogen) atoms. The molecular formula is C22H24N2O. The van der Waals surface area contributed by atoms with Crippen LogP contribution in [0.15, 0.2) is 60.8 Å². The van der Waals surface area contributed by atoms with Crippen LogP contribution in [0.5, 0.6) is 5.75 Å². The largest absolute Gasteiger partial charge is 0.492 e. The van der Waals surface area contributed by atoms with E-state index < -0.39 is 0 Å². The average molecular weight is 332 g/mol. The fourth-order valence-corrected chi connectivity index (χ4v) is 3.45. The number of hydrogen-bond acceptors (Lipinski definition) is 3. The lowest BCUT2D eigenvalue weighted by atomic mass is 10.0. The molecule has 3 nitrogen and oxygen atoms in total. The van der Waals surface area contributed by atoms with E-state index in [0.29, 0.717) is 0 Å². The molecule has 0 amide bonds. The molecule has 1 aromatic heterocycles. The van der Waals surface area contributed by atoms with Gasteiger partial charge in [-0.3, -0.25) is 9.88 Å². The van der Waals surface area contributed by atoms with E-state index in [9.17, 15) is 0 Å². The number of nitrogens with zero attached hydrogens (tertiary/aromatic N) is 2. The Morgan fingerprint density at radius 1 is 0.920 bits per heavy atom. The third kappa shape index (κ3) is 4.18. The molecule has 0 N–H and O–H groups in total. The lowest BCUT2D eigenvalue weighted by Crippen LogP contribution is -2.25. The number of rotatable bonds is 6. The molecule has 1 aliphatic heterocycles. The number of hydrogen-bond donors (Lipinski definition) is 0. The Morgan fingerprint density at radius 2 is 1.72 bits per heavy atom. The number of benzene rings is 2. The summed E-state index contributed by atoms with van der Waals surface area (Å²) in [5.41, 5.74) is 3.57. The monoisotopic (exact) mass is 332 g/mol. The first kappa shape index (κ1) is 16.1. The van der Waals surface area contributed by atoms with E-state index in [1.54, 1.807) is 0 Å². The molecule has 0 spiro atoms. The van der Waals surface area contributed by atoms with Crippen LogP contribution in [-0.2, 0) is 6.42 Å². The van der Waals surface area contributed by atoms with Crippen molar-refractivity contribution >= 4 is 10.9 Å². The Hall–Kier alpha value is -2.39. The van der Waals surface area contributed by atoms with Crippen molar-refractivity contribution < 1.29 is 4.74 Å². The van der Waals surface area contributed by atoms with Crippen LogP contribution in [0.3, 0.4) is 0 Å². The number of ether oxygens (including phenoxy) is 1. The molecule has 3 heteroatoms. The maximum atomic E-state index is 5.88. The Balaban J connectivity index is 1.34.